The van der Waals surface area contributed by atoms with Crippen molar-refractivity contribution in [3.8, 4) is 11.1 Å². The van der Waals surface area contributed by atoms with Crippen molar-refractivity contribution < 1.29 is 14.5 Å². The Morgan fingerprint density at radius 3 is 2.45 bits per heavy atom. The van der Waals surface area contributed by atoms with Crippen molar-refractivity contribution in [2.45, 2.75) is 5.92 Å². The van der Waals surface area contributed by atoms with E-state index in [2.05, 4.69) is 34.6 Å². The quantitative estimate of drug-likeness (QED) is 0.301. The molecule has 1 aliphatic rings. The smallest absolute Gasteiger partial charge is 0.407 e. The number of H-pyrrole nitrogens is 1. The van der Waals surface area contributed by atoms with Crippen LogP contribution in [0, 0.1) is 10.1 Å². The number of hydrogen-bond donors (Lipinski definition) is 2. The minimum absolute atomic E-state index is 0.0145. The number of fused-ring (bicyclic) bond motifs is 4. The Morgan fingerprint density at radius 1 is 1.06 bits per heavy atom. The van der Waals surface area contributed by atoms with Crippen LogP contribution >= 0.6 is 0 Å². The lowest BCUT2D eigenvalue weighted by atomic mass is 9.98. The van der Waals surface area contributed by atoms with Gasteiger partial charge < -0.3 is 15.0 Å². The van der Waals surface area contributed by atoms with E-state index in [4.69, 9.17) is 4.74 Å². The summed E-state index contributed by atoms with van der Waals surface area (Å²) in [7, 11) is 0. The Labute approximate surface area is 189 Å². The monoisotopic (exact) mass is 439 g/mol. The summed E-state index contributed by atoms with van der Waals surface area (Å²) < 4.78 is 5.52. The summed E-state index contributed by atoms with van der Waals surface area (Å²) in [4.78, 5) is 26.0. The zero-order valence-electron chi connectivity index (χ0n) is 17.7. The zero-order valence-corrected chi connectivity index (χ0v) is 17.7. The first kappa shape index (κ1) is 20.5. The van der Waals surface area contributed by atoms with Crippen molar-refractivity contribution in [1.29, 1.82) is 0 Å². The highest BCUT2D eigenvalue weighted by molar-refractivity contribution is 5.90. The first-order chi connectivity index (χ1) is 16.1. The van der Waals surface area contributed by atoms with Gasteiger partial charge in [0.15, 0.2) is 0 Å². The van der Waals surface area contributed by atoms with Gasteiger partial charge in [0.1, 0.15) is 6.61 Å². The molecule has 33 heavy (non-hydrogen) atoms. The molecule has 1 aromatic heterocycles. The molecule has 7 heteroatoms. The average molecular weight is 439 g/mol. The molecule has 0 unspecified atom stereocenters. The minimum atomic E-state index is -0.490. The second kappa shape index (κ2) is 8.63. The predicted molar refractivity (Wildman–Crippen MR) is 127 cm³/mol. The third-order valence-electron chi connectivity index (χ3n) is 5.91. The first-order valence-corrected chi connectivity index (χ1v) is 10.6. The maximum Gasteiger partial charge on any atom is 0.407 e. The lowest BCUT2D eigenvalue weighted by Crippen LogP contribution is -2.26. The van der Waals surface area contributed by atoms with Crippen LogP contribution in [0.4, 0.5) is 10.5 Å². The van der Waals surface area contributed by atoms with Gasteiger partial charge in [0.2, 0.25) is 0 Å². The van der Waals surface area contributed by atoms with Crippen molar-refractivity contribution in [2.75, 3.05) is 13.2 Å². The fourth-order valence-electron chi connectivity index (χ4n) is 4.36. The van der Waals surface area contributed by atoms with Gasteiger partial charge >= 0.3 is 6.09 Å². The Morgan fingerprint density at radius 2 is 1.76 bits per heavy atom. The van der Waals surface area contributed by atoms with Crippen molar-refractivity contribution >= 4 is 28.8 Å². The number of benzene rings is 3. The number of non-ortho nitro benzene ring substituents is 1. The molecule has 0 bridgehead atoms. The van der Waals surface area contributed by atoms with Crippen molar-refractivity contribution in [3.05, 3.63) is 106 Å². The Balaban J connectivity index is 1.19. The van der Waals surface area contributed by atoms with Crippen LogP contribution in [0.3, 0.4) is 0 Å². The molecule has 1 heterocycles. The standard InChI is InChI=1S/C26H21N3O4/c30-26(27-13-5-6-17-15-28-25-12-11-18(29(31)32)14-23(17)25)33-16-24-21-9-3-1-7-19(21)20-8-2-4-10-22(20)24/h1-12,14-15,24,28H,13,16H2,(H,27,30). The summed E-state index contributed by atoms with van der Waals surface area (Å²) in [5.74, 6) is 0.0145. The molecule has 0 atom stereocenters. The molecule has 3 aromatic carbocycles. The number of nitrogens with one attached hydrogen (secondary N) is 2. The van der Waals surface area contributed by atoms with Crippen molar-refractivity contribution in [2.24, 2.45) is 0 Å². The number of amides is 1. The van der Waals surface area contributed by atoms with Crippen LogP contribution in [-0.4, -0.2) is 29.2 Å². The summed E-state index contributed by atoms with van der Waals surface area (Å²) in [6.07, 6.45) is 4.88. The SMILES string of the molecule is O=C(NCC=Cc1c[nH]c2ccc([N+](=O)[O-])cc12)OCC1c2ccccc2-c2ccccc21. The number of ether oxygens (including phenoxy) is 1. The summed E-state index contributed by atoms with van der Waals surface area (Å²) in [5.41, 5.74) is 6.36. The van der Waals surface area contributed by atoms with Crippen LogP contribution in [0.1, 0.15) is 22.6 Å². The maximum absolute atomic E-state index is 12.3. The van der Waals surface area contributed by atoms with Crippen molar-refractivity contribution in [3.63, 3.8) is 0 Å². The number of nitro groups is 1. The summed E-state index contributed by atoms with van der Waals surface area (Å²) >= 11 is 0. The van der Waals surface area contributed by atoms with Crippen LogP contribution in [0.15, 0.2) is 79.0 Å². The first-order valence-electron chi connectivity index (χ1n) is 10.6. The number of rotatable bonds is 6. The van der Waals surface area contributed by atoms with Crippen molar-refractivity contribution in [1.82, 2.24) is 10.3 Å². The molecular weight excluding hydrogens is 418 g/mol. The van der Waals surface area contributed by atoms with E-state index in [9.17, 15) is 14.9 Å². The summed E-state index contributed by atoms with van der Waals surface area (Å²) in [6, 6.07) is 21.1. The fourth-order valence-corrected chi connectivity index (χ4v) is 4.36. The topological polar surface area (TPSA) is 97.3 Å². The lowest BCUT2D eigenvalue weighted by molar-refractivity contribution is -0.384. The van der Waals surface area contributed by atoms with E-state index in [0.29, 0.717) is 0 Å². The number of aromatic amines is 1. The average Bonchev–Trinajstić information content (AvgIpc) is 3.39. The van der Waals surface area contributed by atoms with Gasteiger partial charge in [-0.1, -0.05) is 60.7 Å². The van der Waals surface area contributed by atoms with Gasteiger partial charge in [0.25, 0.3) is 5.69 Å². The van der Waals surface area contributed by atoms with Crippen LogP contribution in [-0.2, 0) is 4.74 Å². The number of carbonyl (C=O) groups excluding carboxylic acids is 1. The molecule has 1 amide bonds. The van der Waals surface area contributed by atoms with E-state index in [0.717, 1.165) is 16.5 Å². The van der Waals surface area contributed by atoms with E-state index >= 15 is 0 Å². The molecule has 7 nitrogen and oxygen atoms in total. The molecule has 0 aliphatic heterocycles. The van der Waals surface area contributed by atoms with Gasteiger partial charge in [-0.15, -0.1) is 0 Å². The number of nitrogens with zero attached hydrogens (tertiary/aromatic N) is 1. The lowest BCUT2D eigenvalue weighted by Gasteiger charge is -2.14. The molecule has 0 saturated heterocycles. The van der Waals surface area contributed by atoms with E-state index in [1.807, 2.05) is 30.3 Å². The fraction of sp³-hybridized carbons (Fsp3) is 0.115. The Bertz CT molecular complexity index is 1340. The number of nitro benzene ring substituents is 1. The number of hydrogen-bond acceptors (Lipinski definition) is 4. The molecule has 0 spiro atoms. The zero-order chi connectivity index (χ0) is 22.8. The second-order valence-corrected chi connectivity index (χ2v) is 7.84. The number of alkyl carbamates (subject to hydrolysis) is 1. The molecule has 164 valence electrons. The van der Waals surface area contributed by atoms with Crippen LogP contribution in [0.2, 0.25) is 0 Å². The maximum atomic E-state index is 12.3. The summed E-state index contributed by atoms with van der Waals surface area (Å²) in [5, 5.41) is 14.5. The highest BCUT2D eigenvalue weighted by atomic mass is 16.6. The Kier molecular flexibility index (Phi) is 5.36. The second-order valence-electron chi connectivity index (χ2n) is 7.84. The van der Waals surface area contributed by atoms with Crippen LogP contribution < -0.4 is 5.32 Å². The molecule has 1 aliphatic carbocycles. The molecule has 0 fully saturated rings. The van der Waals surface area contributed by atoms with Gasteiger partial charge in [0.05, 0.1) is 4.92 Å². The summed E-state index contributed by atoms with van der Waals surface area (Å²) in [6.45, 7) is 0.536. The third-order valence-corrected chi connectivity index (χ3v) is 5.91. The van der Waals surface area contributed by atoms with Gasteiger partial charge in [-0.3, -0.25) is 10.1 Å². The third kappa shape index (κ3) is 3.96. The predicted octanol–water partition coefficient (Wildman–Crippen LogP) is 5.63. The molecular formula is C26H21N3O4. The van der Waals surface area contributed by atoms with Crippen LogP contribution in [0.25, 0.3) is 28.1 Å². The molecule has 5 rings (SSSR count). The van der Waals surface area contributed by atoms with Gasteiger partial charge in [0, 0.05) is 41.7 Å². The number of aromatic nitrogens is 1. The molecule has 0 saturated carbocycles. The van der Waals surface area contributed by atoms with Gasteiger partial charge in [-0.25, -0.2) is 4.79 Å². The number of carbonyl (C=O) groups is 1. The van der Waals surface area contributed by atoms with E-state index in [-0.39, 0.29) is 24.8 Å². The molecule has 0 radical (unpaired) electrons. The molecule has 4 aromatic rings. The minimum Gasteiger partial charge on any atom is -0.449 e. The Hall–Kier alpha value is -4.39. The van der Waals surface area contributed by atoms with E-state index < -0.39 is 11.0 Å². The van der Waals surface area contributed by atoms with E-state index in [1.54, 1.807) is 18.3 Å². The van der Waals surface area contributed by atoms with Crippen LogP contribution in [0.5, 0.6) is 0 Å². The van der Waals surface area contributed by atoms with E-state index in [1.165, 1.54) is 34.4 Å². The van der Waals surface area contributed by atoms with Gasteiger partial charge in [-0.05, 0) is 33.9 Å². The highest BCUT2D eigenvalue weighted by Gasteiger charge is 2.28. The van der Waals surface area contributed by atoms with Gasteiger partial charge in [-0.2, -0.15) is 0 Å². The highest BCUT2D eigenvalue weighted by Crippen LogP contribution is 2.44. The largest absolute Gasteiger partial charge is 0.449 e. The molecule has 2 N–H and O–H groups in total. The normalized spacial score (nSPS) is 12.6.